The van der Waals surface area contributed by atoms with Gasteiger partial charge in [-0.05, 0) is 38.0 Å². The molecule has 1 aliphatic heterocycles. The van der Waals surface area contributed by atoms with E-state index in [1.54, 1.807) is 18.2 Å². The Balaban J connectivity index is 1.80. The second kappa shape index (κ2) is 7.77. The second-order valence-corrected chi connectivity index (χ2v) is 5.07. The lowest BCUT2D eigenvalue weighted by Gasteiger charge is -2.12. The SMILES string of the molecule is CC(=O)c1ccc(C#N)c(NCCOCC2CCCO2)c1. The monoisotopic (exact) mass is 288 g/mol. The first-order valence-electron chi connectivity index (χ1n) is 7.19. The van der Waals surface area contributed by atoms with Gasteiger partial charge >= 0.3 is 0 Å². The van der Waals surface area contributed by atoms with E-state index in [9.17, 15) is 4.79 Å². The molecule has 2 rings (SSSR count). The van der Waals surface area contributed by atoms with Crippen LogP contribution in [0.25, 0.3) is 0 Å². The Morgan fingerprint density at radius 1 is 1.57 bits per heavy atom. The van der Waals surface area contributed by atoms with Crippen molar-refractivity contribution in [3.63, 3.8) is 0 Å². The Labute approximate surface area is 124 Å². The minimum atomic E-state index is -0.0165. The number of nitrogens with one attached hydrogen (secondary N) is 1. The first-order chi connectivity index (χ1) is 10.2. The zero-order chi connectivity index (χ0) is 15.1. The average molecular weight is 288 g/mol. The summed E-state index contributed by atoms with van der Waals surface area (Å²) in [6.07, 6.45) is 2.39. The van der Waals surface area contributed by atoms with Crippen LogP contribution < -0.4 is 5.32 Å². The number of hydrogen-bond acceptors (Lipinski definition) is 5. The van der Waals surface area contributed by atoms with Gasteiger partial charge < -0.3 is 14.8 Å². The van der Waals surface area contributed by atoms with E-state index in [1.807, 2.05) is 0 Å². The van der Waals surface area contributed by atoms with Gasteiger partial charge in [-0.2, -0.15) is 5.26 Å². The van der Waals surface area contributed by atoms with Crippen molar-refractivity contribution in [2.24, 2.45) is 0 Å². The largest absolute Gasteiger partial charge is 0.382 e. The van der Waals surface area contributed by atoms with Crippen molar-refractivity contribution in [3.8, 4) is 6.07 Å². The van der Waals surface area contributed by atoms with Crippen molar-refractivity contribution in [3.05, 3.63) is 29.3 Å². The molecule has 1 aliphatic rings. The Bertz CT molecular complexity index is 531. The predicted molar refractivity (Wildman–Crippen MR) is 79.4 cm³/mol. The fourth-order valence-corrected chi connectivity index (χ4v) is 2.26. The number of ether oxygens (including phenoxy) is 2. The van der Waals surface area contributed by atoms with Crippen LogP contribution in [0.2, 0.25) is 0 Å². The topological polar surface area (TPSA) is 71.4 Å². The number of nitriles is 1. The number of hydrogen-bond donors (Lipinski definition) is 1. The molecule has 0 saturated carbocycles. The molecular weight excluding hydrogens is 268 g/mol. The van der Waals surface area contributed by atoms with Gasteiger partial charge in [-0.25, -0.2) is 0 Å². The van der Waals surface area contributed by atoms with Crippen LogP contribution in [-0.2, 0) is 9.47 Å². The molecule has 0 bridgehead atoms. The van der Waals surface area contributed by atoms with Crippen molar-refractivity contribution in [1.82, 2.24) is 0 Å². The minimum absolute atomic E-state index is 0.0165. The molecule has 1 fully saturated rings. The molecule has 5 nitrogen and oxygen atoms in total. The van der Waals surface area contributed by atoms with E-state index in [1.165, 1.54) is 6.92 Å². The Morgan fingerprint density at radius 2 is 2.43 bits per heavy atom. The molecule has 1 aromatic carbocycles. The van der Waals surface area contributed by atoms with Gasteiger partial charge in [-0.3, -0.25) is 4.79 Å². The van der Waals surface area contributed by atoms with E-state index in [0.29, 0.717) is 36.6 Å². The minimum Gasteiger partial charge on any atom is -0.382 e. The summed E-state index contributed by atoms with van der Waals surface area (Å²) in [6, 6.07) is 7.15. The zero-order valence-corrected chi connectivity index (χ0v) is 12.2. The molecular formula is C16H20N2O3. The fraction of sp³-hybridized carbons (Fsp3) is 0.500. The van der Waals surface area contributed by atoms with Gasteiger partial charge in [0.25, 0.3) is 0 Å². The molecule has 0 radical (unpaired) electrons. The number of ketones is 1. The highest BCUT2D eigenvalue weighted by molar-refractivity contribution is 5.95. The number of rotatable bonds is 7. The number of carbonyl (C=O) groups excluding carboxylic acids is 1. The van der Waals surface area contributed by atoms with Gasteiger partial charge in [0.05, 0.1) is 30.6 Å². The lowest BCUT2D eigenvalue weighted by Crippen LogP contribution is -2.18. The first-order valence-corrected chi connectivity index (χ1v) is 7.19. The summed E-state index contributed by atoms with van der Waals surface area (Å²) >= 11 is 0. The van der Waals surface area contributed by atoms with Crippen molar-refractivity contribution in [2.75, 3.05) is 31.7 Å². The van der Waals surface area contributed by atoms with E-state index in [2.05, 4.69) is 11.4 Å². The van der Waals surface area contributed by atoms with E-state index in [0.717, 1.165) is 19.4 Å². The van der Waals surface area contributed by atoms with Crippen LogP contribution in [-0.4, -0.2) is 38.3 Å². The third-order valence-corrected chi connectivity index (χ3v) is 3.44. The summed E-state index contributed by atoms with van der Waals surface area (Å²) in [5.41, 5.74) is 1.79. The van der Waals surface area contributed by atoms with Crippen LogP contribution in [0.1, 0.15) is 35.7 Å². The Morgan fingerprint density at radius 3 is 3.10 bits per heavy atom. The normalized spacial score (nSPS) is 17.4. The van der Waals surface area contributed by atoms with Crippen molar-refractivity contribution in [2.45, 2.75) is 25.9 Å². The molecule has 1 heterocycles. The van der Waals surface area contributed by atoms with Crippen molar-refractivity contribution < 1.29 is 14.3 Å². The quantitative estimate of drug-likeness (QED) is 0.616. The summed E-state index contributed by atoms with van der Waals surface area (Å²) < 4.78 is 11.0. The third kappa shape index (κ3) is 4.55. The molecule has 1 saturated heterocycles. The zero-order valence-electron chi connectivity index (χ0n) is 12.2. The summed E-state index contributed by atoms with van der Waals surface area (Å²) in [5, 5.41) is 12.2. The molecule has 1 unspecified atom stereocenters. The van der Waals surface area contributed by atoms with Gasteiger partial charge in [0.1, 0.15) is 6.07 Å². The molecule has 21 heavy (non-hydrogen) atoms. The van der Waals surface area contributed by atoms with E-state index < -0.39 is 0 Å². The standard InChI is InChI=1S/C16H20N2O3/c1-12(19)13-4-5-14(10-17)16(9-13)18-6-8-20-11-15-3-2-7-21-15/h4-5,9,15,18H,2-3,6-8,11H2,1H3. The highest BCUT2D eigenvalue weighted by atomic mass is 16.5. The van der Waals surface area contributed by atoms with Crippen LogP contribution in [0.15, 0.2) is 18.2 Å². The summed E-state index contributed by atoms with van der Waals surface area (Å²) in [6.45, 7) is 4.07. The second-order valence-electron chi connectivity index (χ2n) is 5.07. The Hall–Kier alpha value is -1.90. The van der Waals surface area contributed by atoms with Gasteiger partial charge in [0.15, 0.2) is 5.78 Å². The van der Waals surface area contributed by atoms with Crippen LogP contribution in [0, 0.1) is 11.3 Å². The smallest absolute Gasteiger partial charge is 0.159 e. The van der Waals surface area contributed by atoms with Gasteiger partial charge in [-0.1, -0.05) is 0 Å². The number of anilines is 1. The lowest BCUT2D eigenvalue weighted by molar-refractivity contribution is 0.0206. The van der Waals surface area contributed by atoms with E-state index >= 15 is 0 Å². The van der Waals surface area contributed by atoms with E-state index in [-0.39, 0.29) is 11.9 Å². The number of carbonyl (C=O) groups is 1. The molecule has 0 amide bonds. The number of nitrogens with zero attached hydrogens (tertiary/aromatic N) is 1. The molecule has 1 N–H and O–H groups in total. The highest BCUT2D eigenvalue weighted by Crippen LogP contribution is 2.17. The molecule has 1 aromatic rings. The van der Waals surface area contributed by atoms with Crippen LogP contribution >= 0.6 is 0 Å². The predicted octanol–water partition coefficient (Wildman–Crippen LogP) is 2.37. The van der Waals surface area contributed by atoms with Crippen molar-refractivity contribution in [1.29, 1.82) is 5.26 Å². The van der Waals surface area contributed by atoms with Gasteiger partial charge in [-0.15, -0.1) is 0 Å². The number of Topliss-reactive ketones (excluding diaryl/α,β-unsaturated/α-hetero) is 1. The lowest BCUT2D eigenvalue weighted by atomic mass is 10.1. The number of benzene rings is 1. The van der Waals surface area contributed by atoms with Gasteiger partial charge in [0, 0.05) is 18.7 Å². The maximum atomic E-state index is 11.4. The fourth-order valence-electron chi connectivity index (χ4n) is 2.26. The maximum absolute atomic E-state index is 11.4. The Kier molecular flexibility index (Phi) is 5.73. The molecule has 5 heteroatoms. The van der Waals surface area contributed by atoms with Crippen LogP contribution in [0.3, 0.4) is 0 Å². The molecule has 112 valence electrons. The van der Waals surface area contributed by atoms with Crippen LogP contribution in [0.5, 0.6) is 0 Å². The van der Waals surface area contributed by atoms with Crippen molar-refractivity contribution >= 4 is 11.5 Å². The third-order valence-electron chi connectivity index (χ3n) is 3.44. The molecule has 0 aliphatic carbocycles. The summed E-state index contributed by atoms with van der Waals surface area (Å²) in [5.74, 6) is -0.0165. The molecule has 0 aromatic heterocycles. The average Bonchev–Trinajstić information content (AvgIpc) is 3.00. The van der Waals surface area contributed by atoms with Crippen LogP contribution in [0.4, 0.5) is 5.69 Å². The van der Waals surface area contributed by atoms with Gasteiger partial charge in [0.2, 0.25) is 0 Å². The first kappa shape index (κ1) is 15.5. The molecule has 1 atom stereocenters. The highest BCUT2D eigenvalue weighted by Gasteiger charge is 2.15. The van der Waals surface area contributed by atoms with E-state index in [4.69, 9.17) is 14.7 Å². The maximum Gasteiger partial charge on any atom is 0.159 e. The summed E-state index contributed by atoms with van der Waals surface area (Å²) in [4.78, 5) is 11.4. The summed E-state index contributed by atoms with van der Waals surface area (Å²) in [7, 11) is 0. The molecule has 0 spiro atoms.